The van der Waals surface area contributed by atoms with Crippen LogP contribution in [-0.4, -0.2) is 15.4 Å². The van der Waals surface area contributed by atoms with Gasteiger partial charge >= 0.3 is 0 Å². The van der Waals surface area contributed by atoms with Gasteiger partial charge < -0.3 is 0 Å². The van der Waals surface area contributed by atoms with E-state index in [-0.39, 0.29) is 0 Å². The summed E-state index contributed by atoms with van der Waals surface area (Å²) < 4.78 is 0. The number of H-pyrrole nitrogens is 1. The molecule has 1 heterocycles. The minimum absolute atomic E-state index is 0.820. The molecule has 0 aliphatic carbocycles. The van der Waals surface area contributed by atoms with E-state index in [0.29, 0.717) is 0 Å². The summed E-state index contributed by atoms with van der Waals surface area (Å²) in [6, 6.07) is 7.77. The van der Waals surface area contributed by atoms with Gasteiger partial charge in [0.2, 0.25) is 0 Å². The third-order valence-corrected chi connectivity index (χ3v) is 1.98. The lowest BCUT2D eigenvalue weighted by molar-refractivity contribution is 0.941. The van der Waals surface area contributed by atoms with Crippen LogP contribution in [0.25, 0.3) is 11.3 Å². The van der Waals surface area contributed by atoms with E-state index in [0.717, 1.165) is 16.2 Å². The number of rotatable bonds is 1. The Bertz CT molecular complexity index is 370. The van der Waals surface area contributed by atoms with Gasteiger partial charge in [0.15, 0.2) is 0 Å². The quantitative estimate of drug-likeness (QED) is 0.652. The van der Waals surface area contributed by atoms with Gasteiger partial charge in [-0.1, -0.05) is 18.2 Å². The van der Waals surface area contributed by atoms with E-state index in [1.165, 1.54) is 0 Å². The molecule has 2 rings (SSSR count). The number of benzene rings is 1. The SMILES string of the molecule is Sc1ccccc1-c1cn[nH]n1. The maximum atomic E-state index is 4.30. The molecule has 0 radical (unpaired) electrons. The predicted octanol–water partition coefficient (Wildman–Crippen LogP) is 1.76. The van der Waals surface area contributed by atoms with Gasteiger partial charge in [0.05, 0.1) is 6.20 Å². The fraction of sp³-hybridized carbons (Fsp3) is 0. The highest BCUT2D eigenvalue weighted by Gasteiger charge is 2.02. The third-order valence-electron chi connectivity index (χ3n) is 1.60. The Labute approximate surface area is 75.2 Å². The first-order valence-corrected chi connectivity index (χ1v) is 3.97. The van der Waals surface area contributed by atoms with E-state index >= 15 is 0 Å². The summed E-state index contributed by atoms with van der Waals surface area (Å²) in [6.07, 6.45) is 1.68. The van der Waals surface area contributed by atoms with Crippen LogP contribution in [0, 0.1) is 0 Å². The van der Waals surface area contributed by atoms with Crippen molar-refractivity contribution < 1.29 is 0 Å². The van der Waals surface area contributed by atoms with Gasteiger partial charge in [0, 0.05) is 10.5 Å². The van der Waals surface area contributed by atoms with Crippen LogP contribution in [0.4, 0.5) is 0 Å². The molecular weight excluding hydrogens is 170 g/mol. The average Bonchev–Trinajstić information content (AvgIpc) is 2.57. The van der Waals surface area contributed by atoms with Crippen molar-refractivity contribution in [2.75, 3.05) is 0 Å². The molecule has 0 fully saturated rings. The zero-order valence-corrected chi connectivity index (χ0v) is 7.12. The van der Waals surface area contributed by atoms with E-state index in [1.54, 1.807) is 6.20 Å². The van der Waals surface area contributed by atoms with Gasteiger partial charge in [-0.05, 0) is 6.07 Å². The van der Waals surface area contributed by atoms with Crippen LogP contribution in [0.5, 0.6) is 0 Å². The van der Waals surface area contributed by atoms with E-state index in [4.69, 9.17) is 0 Å². The van der Waals surface area contributed by atoms with Crippen molar-refractivity contribution in [3.63, 3.8) is 0 Å². The van der Waals surface area contributed by atoms with Crippen LogP contribution in [0.2, 0.25) is 0 Å². The molecule has 0 atom stereocenters. The summed E-state index contributed by atoms with van der Waals surface area (Å²) in [6.45, 7) is 0. The number of hydrogen-bond acceptors (Lipinski definition) is 3. The lowest BCUT2D eigenvalue weighted by Gasteiger charge is -1.97. The minimum atomic E-state index is 0.820. The summed E-state index contributed by atoms with van der Waals surface area (Å²) in [7, 11) is 0. The van der Waals surface area contributed by atoms with Crippen LogP contribution in [0.3, 0.4) is 0 Å². The van der Waals surface area contributed by atoms with Crippen molar-refractivity contribution in [2.24, 2.45) is 0 Å². The van der Waals surface area contributed by atoms with Gasteiger partial charge in [0.1, 0.15) is 5.69 Å². The number of thiol groups is 1. The molecule has 1 aromatic heterocycles. The Kier molecular flexibility index (Phi) is 1.83. The fourth-order valence-electron chi connectivity index (χ4n) is 1.02. The van der Waals surface area contributed by atoms with E-state index in [9.17, 15) is 0 Å². The van der Waals surface area contributed by atoms with Gasteiger partial charge in [0.25, 0.3) is 0 Å². The van der Waals surface area contributed by atoms with Crippen molar-refractivity contribution in [1.29, 1.82) is 0 Å². The topological polar surface area (TPSA) is 41.6 Å². The molecular formula is C8H7N3S. The molecule has 0 aliphatic heterocycles. The van der Waals surface area contributed by atoms with Crippen LogP contribution < -0.4 is 0 Å². The first kappa shape index (κ1) is 7.36. The second-order valence-corrected chi connectivity index (χ2v) is 2.85. The Morgan fingerprint density at radius 3 is 2.75 bits per heavy atom. The normalized spacial score (nSPS) is 10.1. The Hall–Kier alpha value is -1.29. The molecule has 0 unspecified atom stereocenters. The molecule has 4 heteroatoms. The average molecular weight is 177 g/mol. The van der Waals surface area contributed by atoms with Crippen molar-refractivity contribution in [3.05, 3.63) is 30.5 Å². The molecule has 0 saturated carbocycles. The highest BCUT2D eigenvalue weighted by molar-refractivity contribution is 7.80. The summed E-state index contributed by atoms with van der Waals surface area (Å²) in [5.41, 5.74) is 1.81. The molecule has 0 amide bonds. The molecule has 1 N–H and O–H groups in total. The third kappa shape index (κ3) is 1.21. The van der Waals surface area contributed by atoms with Crippen LogP contribution >= 0.6 is 12.6 Å². The molecule has 0 spiro atoms. The zero-order chi connectivity index (χ0) is 8.39. The smallest absolute Gasteiger partial charge is 0.113 e. The predicted molar refractivity (Wildman–Crippen MR) is 49.1 cm³/mol. The number of aromatic amines is 1. The number of nitrogens with one attached hydrogen (secondary N) is 1. The second kappa shape index (κ2) is 2.98. The standard InChI is InChI=1S/C8H7N3S/c12-8-4-2-1-3-6(8)7-5-9-11-10-7/h1-5,12H,(H,9,10,11). The van der Waals surface area contributed by atoms with Gasteiger partial charge in [-0.3, -0.25) is 0 Å². The summed E-state index contributed by atoms with van der Waals surface area (Å²) in [5.74, 6) is 0. The molecule has 0 bridgehead atoms. The van der Waals surface area contributed by atoms with Crippen molar-refractivity contribution in [3.8, 4) is 11.3 Å². The van der Waals surface area contributed by atoms with Crippen molar-refractivity contribution >= 4 is 12.6 Å². The molecule has 2 aromatic rings. The summed E-state index contributed by atoms with van der Waals surface area (Å²) >= 11 is 4.30. The van der Waals surface area contributed by atoms with Crippen molar-refractivity contribution in [2.45, 2.75) is 4.90 Å². The largest absolute Gasteiger partial charge is 0.197 e. The van der Waals surface area contributed by atoms with E-state index < -0.39 is 0 Å². The zero-order valence-electron chi connectivity index (χ0n) is 6.23. The van der Waals surface area contributed by atoms with Gasteiger partial charge in [-0.25, -0.2) is 0 Å². The van der Waals surface area contributed by atoms with Gasteiger partial charge in [-0.15, -0.1) is 12.6 Å². The highest BCUT2D eigenvalue weighted by atomic mass is 32.1. The van der Waals surface area contributed by atoms with Crippen LogP contribution in [0.1, 0.15) is 0 Å². The highest BCUT2D eigenvalue weighted by Crippen LogP contribution is 2.22. The first-order valence-electron chi connectivity index (χ1n) is 3.52. The van der Waals surface area contributed by atoms with Crippen molar-refractivity contribution in [1.82, 2.24) is 15.4 Å². The van der Waals surface area contributed by atoms with E-state index in [2.05, 4.69) is 28.0 Å². The lowest BCUT2D eigenvalue weighted by atomic mass is 10.2. The number of hydrogen-bond donors (Lipinski definition) is 2. The molecule has 0 saturated heterocycles. The van der Waals surface area contributed by atoms with Crippen LogP contribution in [0.15, 0.2) is 35.4 Å². The molecule has 1 aromatic carbocycles. The van der Waals surface area contributed by atoms with Gasteiger partial charge in [-0.2, -0.15) is 15.4 Å². The Balaban J connectivity index is 2.55. The van der Waals surface area contributed by atoms with E-state index in [1.807, 2.05) is 24.3 Å². The fourth-order valence-corrected chi connectivity index (χ4v) is 1.30. The first-order chi connectivity index (χ1) is 5.88. The molecule has 3 nitrogen and oxygen atoms in total. The Morgan fingerprint density at radius 1 is 1.25 bits per heavy atom. The lowest BCUT2D eigenvalue weighted by Crippen LogP contribution is -1.79. The monoisotopic (exact) mass is 177 g/mol. The summed E-state index contributed by atoms with van der Waals surface area (Å²) in [5, 5.41) is 10.3. The maximum absolute atomic E-state index is 4.30. The molecule has 60 valence electrons. The summed E-state index contributed by atoms with van der Waals surface area (Å²) in [4.78, 5) is 0.909. The van der Waals surface area contributed by atoms with Crippen LogP contribution in [-0.2, 0) is 0 Å². The number of aromatic nitrogens is 3. The minimum Gasteiger partial charge on any atom is -0.197 e. The second-order valence-electron chi connectivity index (χ2n) is 2.37. The molecule has 12 heavy (non-hydrogen) atoms. The Morgan fingerprint density at radius 2 is 2.08 bits per heavy atom. The molecule has 0 aliphatic rings. The number of nitrogens with zero attached hydrogens (tertiary/aromatic N) is 2. The maximum Gasteiger partial charge on any atom is 0.113 e.